The summed E-state index contributed by atoms with van der Waals surface area (Å²) in [5.74, 6) is -0.153. The van der Waals surface area contributed by atoms with Crippen LogP contribution in [0.3, 0.4) is 0 Å². The third-order valence-electron chi connectivity index (χ3n) is 5.97. The number of rotatable bonds is 8. The van der Waals surface area contributed by atoms with Crippen LogP contribution in [0.1, 0.15) is 33.3 Å². The molecule has 1 aromatic rings. The SMILES string of the molecule is CCN(CC)c1ccc(/C=C/C2=CC(=CC=C3C=CC(=[N+](CC)CC)C=C3O)O[B-](F)(F)O2)c(O)c1. The standard InChI is InChI=1S/C27H32BF2N2O4/c1-5-31(6-2)22-13-9-20(26(33)17-22)11-15-24-19-25(36-28(29,30)35-24)16-12-21-10-14-23(18-27(21)34)32(7-3)8-4/h9-19H,5-8H2,1-4H3,(H,33,34)/q-1/p+1. The average Bonchev–Trinajstić information content (AvgIpc) is 2.83. The van der Waals surface area contributed by atoms with Gasteiger partial charge in [0.2, 0.25) is 5.71 Å². The van der Waals surface area contributed by atoms with Crippen LogP contribution in [0.4, 0.5) is 14.3 Å². The van der Waals surface area contributed by atoms with Crippen molar-refractivity contribution in [3.8, 4) is 5.75 Å². The highest BCUT2D eigenvalue weighted by molar-refractivity contribution is 6.53. The van der Waals surface area contributed by atoms with Gasteiger partial charge >= 0.3 is 7.11 Å². The molecule has 0 amide bonds. The molecule has 1 aromatic carbocycles. The number of hydrogen-bond donors (Lipinski definition) is 2. The summed E-state index contributed by atoms with van der Waals surface area (Å²) in [4.78, 5) is 2.09. The predicted molar refractivity (Wildman–Crippen MR) is 141 cm³/mol. The smallest absolute Gasteiger partial charge is 0.627 e. The highest BCUT2D eigenvalue weighted by atomic mass is 19.3. The van der Waals surface area contributed by atoms with Crippen LogP contribution in [-0.4, -0.2) is 53.8 Å². The maximum Gasteiger partial charge on any atom is 0.725 e. The Bertz CT molecular complexity index is 1190. The molecule has 3 rings (SSSR count). The van der Waals surface area contributed by atoms with E-state index in [1.54, 1.807) is 24.3 Å². The Morgan fingerprint density at radius 1 is 0.944 bits per heavy atom. The van der Waals surface area contributed by atoms with Crippen molar-refractivity contribution in [1.82, 2.24) is 0 Å². The molecule has 6 nitrogen and oxygen atoms in total. The predicted octanol–water partition coefficient (Wildman–Crippen LogP) is 5.87. The van der Waals surface area contributed by atoms with Gasteiger partial charge in [0, 0.05) is 48.1 Å². The van der Waals surface area contributed by atoms with Crippen molar-refractivity contribution in [1.29, 1.82) is 0 Å². The summed E-state index contributed by atoms with van der Waals surface area (Å²) >= 11 is 0. The number of nitrogens with zero attached hydrogens (tertiary/aromatic N) is 2. The van der Waals surface area contributed by atoms with Crippen LogP contribution in [0, 0.1) is 0 Å². The third-order valence-corrected chi connectivity index (χ3v) is 5.97. The first-order chi connectivity index (χ1) is 17.2. The first-order valence-corrected chi connectivity index (χ1v) is 12.2. The van der Waals surface area contributed by atoms with Gasteiger partial charge in [-0.3, -0.25) is 0 Å². The maximum atomic E-state index is 14.1. The van der Waals surface area contributed by atoms with Gasteiger partial charge in [0.25, 0.3) is 0 Å². The minimum atomic E-state index is -4.57. The Hall–Kier alpha value is -3.75. The molecule has 1 heterocycles. The zero-order valence-corrected chi connectivity index (χ0v) is 21.1. The van der Waals surface area contributed by atoms with Crippen molar-refractivity contribution in [2.45, 2.75) is 27.7 Å². The Kier molecular flexibility index (Phi) is 8.80. The number of anilines is 1. The van der Waals surface area contributed by atoms with E-state index < -0.39 is 7.11 Å². The molecular formula is C27H33BF2N2O4. The van der Waals surface area contributed by atoms with Crippen LogP contribution in [-0.2, 0) is 9.31 Å². The molecule has 0 spiro atoms. The van der Waals surface area contributed by atoms with Gasteiger partial charge in [0.15, 0.2) is 0 Å². The van der Waals surface area contributed by atoms with Gasteiger partial charge in [-0.2, -0.15) is 0 Å². The van der Waals surface area contributed by atoms with Gasteiger partial charge < -0.3 is 33.1 Å². The molecule has 1 aliphatic carbocycles. The summed E-state index contributed by atoms with van der Waals surface area (Å²) in [6, 6.07) is 5.23. The topological polar surface area (TPSA) is 65.2 Å². The van der Waals surface area contributed by atoms with E-state index in [2.05, 4.69) is 18.8 Å². The summed E-state index contributed by atoms with van der Waals surface area (Å²) in [7, 11) is -4.57. The molecule has 0 radical (unpaired) electrons. The van der Waals surface area contributed by atoms with E-state index in [-0.39, 0.29) is 23.0 Å². The molecule has 0 aromatic heterocycles. The van der Waals surface area contributed by atoms with Gasteiger partial charge in [0.05, 0.1) is 17.6 Å². The van der Waals surface area contributed by atoms with Gasteiger partial charge in [0.1, 0.15) is 24.6 Å². The molecule has 0 unspecified atom stereocenters. The maximum absolute atomic E-state index is 14.1. The highest BCUT2D eigenvalue weighted by Crippen LogP contribution is 2.30. The van der Waals surface area contributed by atoms with E-state index in [0.717, 1.165) is 37.6 Å². The summed E-state index contributed by atoms with van der Waals surface area (Å²) in [6.45, 7) is 11.3. The fourth-order valence-corrected chi connectivity index (χ4v) is 3.98. The van der Waals surface area contributed by atoms with Crippen molar-refractivity contribution in [2.24, 2.45) is 0 Å². The average molecular weight is 498 g/mol. The van der Waals surface area contributed by atoms with E-state index in [4.69, 9.17) is 0 Å². The Balaban J connectivity index is 1.83. The third kappa shape index (κ3) is 6.68. The van der Waals surface area contributed by atoms with E-state index in [9.17, 15) is 18.8 Å². The molecule has 0 fully saturated rings. The minimum Gasteiger partial charge on any atom is -0.627 e. The van der Waals surface area contributed by atoms with Crippen molar-refractivity contribution < 1.29 is 32.7 Å². The van der Waals surface area contributed by atoms with Crippen molar-refractivity contribution in [3.05, 3.63) is 89.1 Å². The number of hydrogen-bond acceptors (Lipinski definition) is 5. The molecule has 0 atom stereocenters. The second-order valence-electron chi connectivity index (χ2n) is 8.22. The van der Waals surface area contributed by atoms with Crippen molar-refractivity contribution >= 4 is 24.6 Å². The van der Waals surface area contributed by atoms with E-state index in [0.29, 0.717) is 11.1 Å². The number of phenolic OH excluding ortho intramolecular Hbond substituents is 1. The molecule has 9 heteroatoms. The van der Waals surface area contributed by atoms with Crippen LogP contribution in [0.25, 0.3) is 6.08 Å². The number of halogens is 2. The Morgan fingerprint density at radius 2 is 1.67 bits per heavy atom. The van der Waals surface area contributed by atoms with E-state index in [1.807, 2.05) is 39.8 Å². The van der Waals surface area contributed by atoms with Gasteiger partial charge in [-0.1, -0.05) is 0 Å². The zero-order valence-electron chi connectivity index (χ0n) is 21.1. The fraction of sp³-hybridized carbons (Fsp3) is 0.296. The highest BCUT2D eigenvalue weighted by Gasteiger charge is 2.36. The number of aliphatic hydroxyl groups excluding tert-OH is 1. The Labute approximate surface area is 211 Å². The second-order valence-corrected chi connectivity index (χ2v) is 8.22. The number of aromatic hydroxyl groups is 1. The minimum absolute atomic E-state index is 0.0355. The van der Waals surface area contributed by atoms with Gasteiger partial charge in [-0.25, -0.2) is 4.58 Å². The molecule has 0 saturated heterocycles. The van der Waals surface area contributed by atoms with Crippen LogP contribution in [0.15, 0.2) is 83.6 Å². The summed E-state index contributed by atoms with van der Waals surface area (Å²) in [6.07, 6.45) is 12.3. The molecule has 2 N–H and O–H groups in total. The Morgan fingerprint density at radius 3 is 2.28 bits per heavy atom. The normalized spacial score (nSPS) is 19.2. The van der Waals surface area contributed by atoms with E-state index >= 15 is 0 Å². The van der Waals surface area contributed by atoms with E-state index in [1.165, 1.54) is 30.4 Å². The monoisotopic (exact) mass is 498 g/mol. The lowest BCUT2D eigenvalue weighted by Gasteiger charge is -2.33. The van der Waals surface area contributed by atoms with Crippen molar-refractivity contribution in [2.75, 3.05) is 31.1 Å². The first-order valence-electron chi connectivity index (χ1n) is 12.2. The van der Waals surface area contributed by atoms with Gasteiger partial charge in [-0.05, 0) is 70.2 Å². The fourth-order valence-electron chi connectivity index (χ4n) is 3.98. The van der Waals surface area contributed by atoms with Crippen LogP contribution < -0.4 is 4.90 Å². The number of benzene rings is 1. The summed E-state index contributed by atoms with van der Waals surface area (Å²) < 4.78 is 39.7. The number of allylic oxidation sites excluding steroid dienone is 7. The molecule has 0 bridgehead atoms. The van der Waals surface area contributed by atoms with Gasteiger partial charge in [-0.15, -0.1) is 0 Å². The molecule has 1 aliphatic heterocycles. The first kappa shape index (κ1) is 26.9. The lowest BCUT2D eigenvalue weighted by atomic mass is 10.0. The quantitative estimate of drug-likeness (QED) is 0.347. The van der Waals surface area contributed by atoms with Crippen LogP contribution in [0.2, 0.25) is 0 Å². The van der Waals surface area contributed by atoms with Crippen LogP contribution >= 0.6 is 0 Å². The molecule has 2 aliphatic rings. The lowest BCUT2D eigenvalue weighted by molar-refractivity contribution is -0.519. The second kappa shape index (κ2) is 11.8. The zero-order chi connectivity index (χ0) is 26.3. The van der Waals surface area contributed by atoms with Crippen molar-refractivity contribution in [3.63, 3.8) is 0 Å². The number of aliphatic hydroxyl groups is 1. The molecule has 192 valence electrons. The number of phenols is 1. The summed E-state index contributed by atoms with van der Waals surface area (Å²) in [5, 5.41) is 20.8. The molecular weight excluding hydrogens is 465 g/mol. The largest absolute Gasteiger partial charge is 0.725 e. The molecule has 0 saturated carbocycles. The lowest BCUT2D eigenvalue weighted by Crippen LogP contribution is -2.33. The summed E-state index contributed by atoms with van der Waals surface area (Å²) in [5.41, 5.74) is 2.68. The molecule has 36 heavy (non-hydrogen) atoms. The van der Waals surface area contributed by atoms with Crippen LogP contribution in [0.5, 0.6) is 5.75 Å².